The summed E-state index contributed by atoms with van der Waals surface area (Å²) in [7, 11) is 1.88. The Balaban J connectivity index is 1.39. The van der Waals surface area contributed by atoms with Gasteiger partial charge in [-0.3, -0.25) is 14.3 Å². The highest BCUT2D eigenvalue weighted by molar-refractivity contribution is 7.14. The predicted molar refractivity (Wildman–Crippen MR) is 112 cm³/mol. The Bertz CT molecular complexity index is 1150. The van der Waals surface area contributed by atoms with Gasteiger partial charge in [0.1, 0.15) is 0 Å². The highest BCUT2D eigenvalue weighted by atomic mass is 32.1. The number of hydrogen-bond acceptors (Lipinski definition) is 5. The molecule has 146 valence electrons. The Morgan fingerprint density at radius 3 is 2.72 bits per heavy atom. The molecule has 0 saturated heterocycles. The first kappa shape index (κ1) is 18.6. The van der Waals surface area contributed by atoms with E-state index >= 15 is 0 Å². The lowest BCUT2D eigenvalue weighted by atomic mass is 10.1. The molecule has 3 aromatic heterocycles. The molecule has 0 radical (unpaired) electrons. The zero-order valence-corrected chi connectivity index (χ0v) is 16.4. The molecule has 2 amide bonds. The minimum Gasteiger partial charge on any atom is -0.367 e. The first-order valence-corrected chi connectivity index (χ1v) is 9.73. The van der Waals surface area contributed by atoms with Crippen molar-refractivity contribution in [3.8, 4) is 22.5 Å². The molecule has 9 heteroatoms. The second-order valence-electron chi connectivity index (χ2n) is 6.32. The van der Waals surface area contributed by atoms with E-state index in [2.05, 4.69) is 25.7 Å². The number of carbonyl (C=O) groups excluding carboxylic acids is 2. The van der Waals surface area contributed by atoms with E-state index in [4.69, 9.17) is 0 Å². The van der Waals surface area contributed by atoms with Crippen LogP contribution in [-0.2, 0) is 11.8 Å². The van der Waals surface area contributed by atoms with E-state index in [1.165, 1.54) is 11.3 Å². The average Bonchev–Trinajstić information content (AvgIpc) is 3.48. The lowest BCUT2D eigenvalue weighted by molar-refractivity contribution is -0.115. The Morgan fingerprint density at radius 1 is 1.17 bits per heavy atom. The Labute approximate surface area is 170 Å². The van der Waals surface area contributed by atoms with Crippen LogP contribution in [0.3, 0.4) is 0 Å². The molecule has 4 rings (SSSR count). The van der Waals surface area contributed by atoms with Crippen LogP contribution in [0.4, 0.5) is 5.13 Å². The molecule has 3 heterocycles. The maximum Gasteiger partial charge on any atom is 0.253 e. The standard InChI is InChI=1S/C20H18N6O2S/c1-26-8-6-16(25-26)13-3-2-4-14(9-13)17-12-29-20(23-17)24-18(27)11-22-19(28)15-5-7-21-10-15/h2-10,12,21H,11H2,1H3,(H,22,28)(H,23,24,27). The van der Waals surface area contributed by atoms with Gasteiger partial charge in [-0.25, -0.2) is 4.98 Å². The molecule has 0 atom stereocenters. The summed E-state index contributed by atoms with van der Waals surface area (Å²) in [6.07, 6.45) is 5.11. The number of amides is 2. The number of anilines is 1. The van der Waals surface area contributed by atoms with Crippen molar-refractivity contribution in [1.82, 2.24) is 25.1 Å². The summed E-state index contributed by atoms with van der Waals surface area (Å²) >= 11 is 1.33. The second-order valence-corrected chi connectivity index (χ2v) is 7.18. The fourth-order valence-electron chi connectivity index (χ4n) is 2.76. The number of rotatable bonds is 6. The molecule has 8 nitrogen and oxygen atoms in total. The molecular weight excluding hydrogens is 388 g/mol. The first-order valence-electron chi connectivity index (χ1n) is 8.85. The van der Waals surface area contributed by atoms with Gasteiger partial charge >= 0.3 is 0 Å². The van der Waals surface area contributed by atoms with Gasteiger partial charge in [-0.15, -0.1) is 11.3 Å². The van der Waals surface area contributed by atoms with Gasteiger partial charge in [-0.05, 0) is 18.2 Å². The Morgan fingerprint density at radius 2 is 2.00 bits per heavy atom. The predicted octanol–water partition coefficient (Wildman–Crippen LogP) is 2.91. The van der Waals surface area contributed by atoms with Crippen LogP contribution in [0.15, 0.2) is 60.4 Å². The summed E-state index contributed by atoms with van der Waals surface area (Å²) in [6, 6.07) is 11.5. The monoisotopic (exact) mass is 406 g/mol. The van der Waals surface area contributed by atoms with Crippen LogP contribution < -0.4 is 10.6 Å². The lowest BCUT2D eigenvalue weighted by Crippen LogP contribution is -2.32. The fourth-order valence-corrected chi connectivity index (χ4v) is 3.50. The molecule has 0 aliphatic carbocycles. The molecule has 0 aliphatic rings. The third-order valence-electron chi connectivity index (χ3n) is 4.19. The van der Waals surface area contributed by atoms with E-state index in [-0.39, 0.29) is 18.4 Å². The maximum absolute atomic E-state index is 12.1. The molecule has 1 aromatic carbocycles. The Kier molecular flexibility index (Phi) is 5.21. The summed E-state index contributed by atoms with van der Waals surface area (Å²) in [6.45, 7) is -0.131. The number of thiazole rings is 1. The van der Waals surface area contributed by atoms with E-state index in [1.807, 2.05) is 49.0 Å². The van der Waals surface area contributed by atoms with Crippen molar-refractivity contribution >= 4 is 28.3 Å². The van der Waals surface area contributed by atoms with E-state index in [9.17, 15) is 9.59 Å². The third-order valence-corrected chi connectivity index (χ3v) is 4.95. The highest BCUT2D eigenvalue weighted by Crippen LogP contribution is 2.28. The molecule has 4 aromatic rings. The summed E-state index contributed by atoms with van der Waals surface area (Å²) in [4.78, 5) is 31.2. The Hall–Kier alpha value is -3.72. The number of benzene rings is 1. The number of hydrogen-bond donors (Lipinski definition) is 3. The van der Waals surface area contributed by atoms with Crippen molar-refractivity contribution < 1.29 is 9.59 Å². The molecule has 0 aliphatic heterocycles. The number of aromatic nitrogens is 4. The van der Waals surface area contributed by atoms with Crippen molar-refractivity contribution in [3.05, 3.63) is 65.9 Å². The van der Waals surface area contributed by atoms with Gasteiger partial charge in [0.2, 0.25) is 5.91 Å². The molecule has 3 N–H and O–H groups in total. The largest absolute Gasteiger partial charge is 0.367 e. The number of aromatic amines is 1. The van der Waals surface area contributed by atoms with Crippen molar-refractivity contribution in [3.63, 3.8) is 0 Å². The van der Waals surface area contributed by atoms with Crippen LogP contribution in [0.5, 0.6) is 0 Å². The van der Waals surface area contributed by atoms with Crippen LogP contribution in [0, 0.1) is 0 Å². The van der Waals surface area contributed by atoms with Crippen molar-refractivity contribution in [2.75, 3.05) is 11.9 Å². The minimum absolute atomic E-state index is 0.131. The molecule has 0 spiro atoms. The summed E-state index contributed by atoms with van der Waals surface area (Å²) in [5.41, 5.74) is 4.05. The SMILES string of the molecule is Cn1ccc(-c2cccc(-c3csc(NC(=O)CNC(=O)c4cc[nH]c4)n3)c2)n1. The average molecular weight is 406 g/mol. The van der Waals surface area contributed by atoms with Gasteiger partial charge in [0.25, 0.3) is 5.91 Å². The number of carbonyl (C=O) groups is 2. The van der Waals surface area contributed by atoms with Crippen LogP contribution in [0.25, 0.3) is 22.5 Å². The van der Waals surface area contributed by atoms with Gasteiger partial charge in [-0.1, -0.05) is 18.2 Å². The van der Waals surface area contributed by atoms with Gasteiger partial charge in [0.05, 0.1) is 23.5 Å². The van der Waals surface area contributed by atoms with Crippen LogP contribution in [0.2, 0.25) is 0 Å². The van der Waals surface area contributed by atoms with Crippen molar-refractivity contribution in [2.45, 2.75) is 0 Å². The topological polar surface area (TPSA) is 105 Å². The maximum atomic E-state index is 12.1. The van der Waals surface area contributed by atoms with E-state index in [1.54, 1.807) is 23.1 Å². The molecule has 0 unspecified atom stereocenters. The first-order chi connectivity index (χ1) is 14.1. The van der Waals surface area contributed by atoms with Gasteiger partial charge in [-0.2, -0.15) is 5.10 Å². The number of aryl methyl sites for hydroxylation is 1. The zero-order chi connectivity index (χ0) is 20.2. The van der Waals surface area contributed by atoms with Gasteiger partial charge in [0, 0.05) is 42.1 Å². The lowest BCUT2D eigenvalue weighted by Gasteiger charge is -2.04. The van der Waals surface area contributed by atoms with E-state index in [0.29, 0.717) is 10.7 Å². The smallest absolute Gasteiger partial charge is 0.253 e. The normalized spacial score (nSPS) is 10.7. The third kappa shape index (κ3) is 4.41. The van der Waals surface area contributed by atoms with Crippen molar-refractivity contribution in [2.24, 2.45) is 7.05 Å². The minimum atomic E-state index is -0.336. The van der Waals surface area contributed by atoms with E-state index < -0.39 is 0 Å². The highest BCUT2D eigenvalue weighted by Gasteiger charge is 2.11. The molecule has 0 fully saturated rings. The quantitative estimate of drug-likeness (QED) is 0.458. The summed E-state index contributed by atoms with van der Waals surface area (Å²) in [5.74, 6) is -0.649. The second kappa shape index (κ2) is 8.11. The zero-order valence-electron chi connectivity index (χ0n) is 15.5. The summed E-state index contributed by atoms with van der Waals surface area (Å²) in [5, 5.41) is 12.1. The van der Waals surface area contributed by atoms with Crippen LogP contribution in [0.1, 0.15) is 10.4 Å². The van der Waals surface area contributed by atoms with Gasteiger partial charge < -0.3 is 15.6 Å². The van der Waals surface area contributed by atoms with Gasteiger partial charge in [0.15, 0.2) is 5.13 Å². The number of nitrogens with one attached hydrogen (secondary N) is 3. The van der Waals surface area contributed by atoms with Crippen molar-refractivity contribution in [1.29, 1.82) is 0 Å². The number of H-pyrrole nitrogens is 1. The van der Waals surface area contributed by atoms with Crippen LogP contribution >= 0.6 is 11.3 Å². The fraction of sp³-hybridized carbons (Fsp3) is 0.100. The number of nitrogens with zero attached hydrogens (tertiary/aromatic N) is 3. The summed E-state index contributed by atoms with van der Waals surface area (Å²) < 4.78 is 1.76. The molecule has 0 saturated carbocycles. The van der Waals surface area contributed by atoms with E-state index in [0.717, 1.165) is 22.5 Å². The van der Waals surface area contributed by atoms with Crippen LogP contribution in [-0.4, -0.2) is 38.1 Å². The molecule has 29 heavy (non-hydrogen) atoms. The molecule has 0 bridgehead atoms. The molecular formula is C20H18N6O2S.